The van der Waals surface area contributed by atoms with Gasteiger partial charge in [0.2, 0.25) is 5.91 Å². The molecule has 6 heteroatoms. The number of carbonyl (C=O) groups excluding carboxylic acids is 1. The van der Waals surface area contributed by atoms with Crippen molar-refractivity contribution in [3.05, 3.63) is 54.2 Å². The molecule has 1 atom stereocenters. The lowest BCUT2D eigenvalue weighted by molar-refractivity contribution is -0.115. The van der Waals surface area contributed by atoms with Gasteiger partial charge in [0.25, 0.3) is 0 Å². The van der Waals surface area contributed by atoms with E-state index in [1.165, 1.54) is 0 Å². The Bertz CT molecular complexity index is 736. The van der Waals surface area contributed by atoms with Crippen LogP contribution in [0.3, 0.4) is 0 Å². The van der Waals surface area contributed by atoms with Gasteiger partial charge in [-0.15, -0.1) is 0 Å². The van der Waals surface area contributed by atoms with Crippen LogP contribution in [0.5, 0.6) is 0 Å². The van der Waals surface area contributed by atoms with E-state index in [1.54, 1.807) is 6.20 Å². The molecule has 1 unspecified atom stereocenters. The summed E-state index contributed by atoms with van der Waals surface area (Å²) in [6.45, 7) is 6.52. The SMILES string of the molecule is CCC(O)CN1CCCN(c2ccc(NC(=O)Cc3ccccc3)cn2)CC1. The zero-order valence-electron chi connectivity index (χ0n) is 16.6. The molecular formula is C22H30N4O2. The average Bonchev–Trinajstić information content (AvgIpc) is 2.95. The molecule has 1 fully saturated rings. The van der Waals surface area contributed by atoms with Gasteiger partial charge in [0.05, 0.1) is 24.4 Å². The predicted molar refractivity (Wildman–Crippen MR) is 113 cm³/mol. The van der Waals surface area contributed by atoms with Crippen molar-refractivity contribution in [2.75, 3.05) is 42.9 Å². The maximum atomic E-state index is 12.2. The number of hydrogen-bond donors (Lipinski definition) is 2. The molecule has 150 valence electrons. The topological polar surface area (TPSA) is 68.7 Å². The van der Waals surface area contributed by atoms with Crippen molar-refractivity contribution in [3.63, 3.8) is 0 Å². The fraction of sp³-hybridized carbons (Fsp3) is 0.455. The standard InChI is InChI=1S/C22H30N4O2/c1-2-20(27)17-25-11-6-12-26(14-13-25)21-10-9-19(16-23-21)24-22(28)15-18-7-4-3-5-8-18/h3-5,7-10,16,20,27H,2,6,11-15,17H2,1H3,(H,24,28). The Morgan fingerprint density at radius 3 is 2.68 bits per heavy atom. The first-order valence-corrected chi connectivity index (χ1v) is 10.1. The van der Waals surface area contributed by atoms with Crippen LogP contribution in [0.15, 0.2) is 48.7 Å². The summed E-state index contributed by atoms with van der Waals surface area (Å²) in [7, 11) is 0. The third kappa shape index (κ3) is 6.04. The molecule has 0 bridgehead atoms. The Labute approximate surface area is 167 Å². The quantitative estimate of drug-likeness (QED) is 0.770. The van der Waals surface area contributed by atoms with Crippen LogP contribution in [0.2, 0.25) is 0 Å². The number of β-amino-alcohol motifs (C(OH)–C–C–N with tert-alkyl or cyclic N) is 1. The van der Waals surface area contributed by atoms with Gasteiger partial charge in [-0.1, -0.05) is 37.3 Å². The summed E-state index contributed by atoms with van der Waals surface area (Å²) in [4.78, 5) is 21.3. The van der Waals surface area contributed by atoms with Gasteiger partial charge in [-0.3, -0.25) is 9.69 Å². The van der Waals surface area contributed by atoms with E-state index in [0.717, 1.165) is 56.9 Å². The van der Waals surface area contributed by atoms with Crippen molar-refractivity contribution >= 4 is 17.4 Å². The van der Waals surface area contributed by atoms with Crippen molar-refractivity contribution in [2.24, 2.45) is 0 Å². The number of aliphatic hydroxyl groups excluding tert-OH is 1. The minimum atomic E-state index is -0.247. The molecule has 1 amide bonds. The zero-order valence-corrected chi connectivity index (χ0v) is 16.6. The first kappa shape index (κ1) is 20.3. The number of amides is 1. The molecule has 1 aliphatic rings. The second-order valence-corrected chi connectivity index (χ2v) is 7.32. The number of rotatable bonds is 7. The maximum Gasteiger partial charge on any atom is 0.228 e. The third-order valence-corrected chi connectivity index (χ3v) is 5.09. The Hall–Kier alpha value is -2.44. The number of nitrogens with zero attached hydrogens (tertiary/aromatic N) is 3. The summed E-state index contributed by atoms with van der Waals surface area (Å²) in [6, 6.07) is 13.6. The Morgan fingerprint density at radius 2 is 1.96 bits per heavy atom. The van der Waals surface area contributed by atoms with Crippen molar-refractivity contribution in [2.45, 2.75) is 32.3 Å². The van der Waals surface area contributed by atoms with Gasteiger partial charge in [0, 0.05) is 26.2 Å². The Balaban J connectivity index is 1.51. The van der Waals surface area contributed by atoms with Crippen LogP contribution in [0.25, 0.3) is 0 Å². The molecule has 2 heterocycles. The Kier molecular flexibility index (Phi) is 7.39. The monoisotopic (exact) mass is 382 g/mol. The molecule has 28 heavy (non-hydrogen) atoms. The molecule has 1 aliphatic heterocycles. The van der Waals surface area contributed by atoms with Gasteiger partial charge >= 0.3 is 0 Å². The first-order chi connectivity index (χ1) is 13.6. The van der Waals surface area contributed by atoms with E-state index < -0.39 is 0 Å². The summed E-state index contributed by atoms with van der Waals surface area (Å²) >= 11 is 0. The van der Waals surface area contributed by atoms with Crippen LogP contribution >= 0.6 is 0 Å². The van der Waals surface area contributed by atoms with E-state index in [0.29, 0.717) is 12.1 Å². The largest absolute Gasteiger partial charge is 0.392 e. The van der Waals surface area contributed by atoms with Crippen LogP contribution in [0, 0.1) is 0 Å². The fourth-order valence-corrected chi connectivity index (χ4v) is 3.44. The van der Waals surface area contributed by atoms with Crippen molar-refractivity contribution in [1.82, 2.24) is 9.88 Å². The van der Waals surface area contributed by atoms with Gasteiger partial charge in [0.1, 0.15) is 5.82 Å². The second-order valence-electron chi connectivity index (χ2n) is 7.32. The number of nitrogens with one attached hydrogen (secondary N) is 1. The molecule has 1 aromatic carbocycles. The summed E-state index contributed by atoms with van der Waals surface area (Å²) < 4.78 is 0. The highest BCUT2D eigenvalue weighted by atomic mass is 16.3. The molecule has 1 aromatic heterocycles. The predicted octanol–water partition coefficient (Wildman–Crippen LogP) is 2.55. The van der Waals surface area contributed by atoms with Crippen LogP contribution < -0.4 is 10.2 Å². The molecule has 0 aliphatic carbocycles. The van der Waals surface area contributed by atoms with Gasteiger partial charge < -0.3 is 15.3 Å². The number of anilines is 2. The van der Waals surface area contributed by atoms with Gasteiger partial charge in [-0.05, 0) is 37.1 Å². The van der Waals surface area contributed by atoms with Gasteiger partial charge in [-0.25, -0.2) is 4.98 Å². The molecule has 3 rings (SSSR count). The van der Waals surface area contributed by atoms with Crippen LogP contribution in [-0.4, -0.2) is 59.7 Å². The Morgan fingerprint density at radius 1 is 1.14 bits per heavy atom. The second kappa shape index (κ2) is 10.2. The normalized spacial score (nSPS) is 16.4. The molecule has 2 N–H and O–H groups in total. The van der Waals surface area contributed by atoms with E-state index in [1.807, 2.05) is 49.4 Å². The zero-order chi connectivity index (χ0) is 19.8. The number of carbonyl (C=O) groups is 1. The average molecular weight is 383 g/mol. The molecule has 0 saturated carbocycles. The lowest BCUT2D eigenvalue weighted by atomic mass is 10.1. The third-order valence-electron chi connectivity index (χ3n) is 5.09. The van der Waals surface area contributed by atoms with E-state index in [9.17, 15) is 9.90 Å². The number of aliphatic hydroxyl groups is 1. The summed E-state index contributed by atoms with van der Waals surface area (Å²) in [5.74, 6) is 0.889. The minimum absolute atomic E-state index is 0.0411. The lowest BCUT2D eigenvalue weighted by Gasteiger charge is -2.24. The smallest absolute Gasteiger partial charge is 0.228 e. The van der Waals surface area contributed by atoms with Crippen molar-refractivity contribution in [3.8, 4) is 0 Å². The highest BCUT2D eigenvalue weighted by molar-refractivity contribution is 5.92. The van der Waals surface area contributed by atoms with Gasteiger partial charge in [0.15, 0.2) is 0 Å². The highest BCUT2D eigenvalue weighted by Crippen LogP contribution is 2.17. The number of hydrogen-bond acceptors (Lipinski definition) is 5. The summed E-state index contributed by atoms with van der Waals surface area (Å²) in [5.41, 5.74) is 1.71. The number of benzene rings is 1. The molecule has 2 aromatic rings. The lowest BCUT2D eigenvalue weighted by Crippen LogP contribution is -2.35. The van der Waals surface area contributed by atoms with E-state index in [4.69, 9.17) is 0 Å². The molecule has 0 spiro atoms. The molecule has 0 radical (unpaired) electrons. The summed E-state index contributed by atoms with van der Waals surface area (Å²) in [6.07, 6.45) is 3.67. The molecule has 1 saturated heterocycles. The number of aromatic nitrogens is 1. The highest BCUT2D eigenvalue weighted by Gasteiger charge is 2.17. The summed E-state index contributed by atoms with van der Waals surface area (Å²) in [5, 5.41) is 12.8. The van der Waals surface area contributed by atoms with E-state index in [-0.39, 0.29) is 12.0 Å². The molecular weight excluding hydrogens is 352 g/mol. The van der Waals surface area contributed by atoms with Gasteiger partial charge in [-0.2, -0.15) is 0 Å². The van der Waals surface area contributed by atoms with Crippen LogP contribution in [0.4, 0.5) is 11.5 Å². The number of pyridine rings is 1. The maximum absolute atomic E-state index is 12.2. The molecule has 6 nitrogen and oxygen atoms in total. The fourth-order valence-electron chi connectivity index (χ4n) is 3.44. The van der Waals surface area contributed by atoms with Crippen LogP contribution in [-0.2, 0) is 11.2 Å². The minimum Gasteiger partial charge on any atom is -0.392 e. The van der Waals surface area contributed by atoms with E-state index >= 15 is 0 Å². The van der Waals surface area contributed by atoms with Crippen LogP contribution in [0.1, 0.15) is 25.3 Å². The van der Waals surface area contributed by atoms with E-state index in [2.05, 4.69) is 20.1 Å². The van der Waals surface area contributed by atoms with Crippen molar-refractivity contribution in [1.29, 1.82) is 0 Å². The van der Waals surface area contributed by atoms with Crippen molar-refractivity contribution < 1.29 is 9.90 Å². The first-order valence-electron chi connectivity index (χ1n) is 10.1.